The predicted octanol–water partition coefficient (Wildman–Crippen LogP) is 3.80. The van der Waals surface area contributed by atoms with Crippen LogP contribution in [0.1, 0.15) is 41.7 Å². The number of hydrogen-bond donors (Lipinski definition) is 1. The number of halogens is 1. The summed E-state index contributed by atoms with van der Waals surface area (Å²) in [7, 11) is 0. The Hall–Kier alpha value is -2.14. The summed E-state index contributed by atoms with van der Waals surface area (Å²) in [5.74, 6) is 0.661. The molecule has 0 atom stereocenters. The van der Waals surface area contributed by atoms with Crippen LogP contribution < -0.4 is 5.32 Å². The lowest BCUT2D eigenvalue weighted by atomic mass is 10.1. The number of nitrogens with zero attached hydrogens (tertiary/aromatic N) is 3. The molecule has 3 rings (SSSR count). The quantitative estimate of drug-likeness (QED) is 0.883. The van der Waals surface area contributed by atoms with Crippen molar-refractivity contribution in [2.75, 3.05) is 25.0 Å². The SMILES string of the molecule is O=C(c1cnc(NCCc2cccc(Cl)c2)cn1)N1CCCCCC1. The second-order valence-corrected chi connectivity index (χ2v) is 6.74. The normalized spacial score (nSPS) is 14.8. The molecule has 0 radical (unpaired) electrons. The molecule has 132 valence electrons. The first-order valence-corrected chi connectivity index (χ1v) is 9.20. The van der Waals surface area contributed by atoms with E-state index in [-0.39, 0.29) is 5.91 Å². The van der Waals surface area contributed by atoms with Gasteiger partial charge in [-0.05, 0) is 37.0 Å². The van der Waals surface area contributed by atoms with Crippen LogP contribution in [-0.4, -0.2) is 40.4 Å². The zero-order chi connectivity index (χ0) is 17.5. The van der Waals surface area contributed by atoms with Crippen molar-refractivity contribution >= 4 is 23.3 Å². The van der Waals surface area contributed by atoms with Crippen LogP contribution in [0.4, 0.5) is 5.82 Å². The fourth-order valence-corrected chi connectivity index (χ4v) is 3.21. The first-order valence-electron chi connectivity index (χ1n) is 8.82. The number of amides is 1. The number of hydrogen-bond acceptors (Lipinski definition) is 4. The summed E-state index contributed by atoms with van der Waals surface area (Å²) in [6, 6.07) is 7.81. The zero-order valence-corrected chi connectivity index (χ0v) is 15.0. The van der Waals surface area contributed by atoms with Crippen molar-refractivity contribution in [3.8, 4) is 0 Å². The summed E-state index contributed by atoms with van der Waals surface area (Å²) in [6.45, 7) is 2.37. The summed E-state index contributed by atoms with van der Waals surface area (Å²) in [5.41, 5.74) is 1.59. The summed E-state index contributed by atoms with van der Waals surface area (Å²) >= 11 is 5.98. The fraction of sp³-hybridized carbons (Fsp3) is 0.421. The van der Waals surface area contributed by atoms with E-state index < -0.39 is 0 Å². The van der Waals surface area contributed by atoms with Gasteiger partial charge in [-0.15, -0.1) is 0 Å². The average Bonchev–Trinajstić information content (AvgIpc) is 2.91. The van der Waals surface area contributed by atoms with Crippen LogP contribution in [0.3, 0.4) is 0 Å². The van der Waals surface area contributed by atoms with Gasteiger partial charge in [0.2, 0.25) is 0 Å². The average molecular weight is 359 g/mol. The Kier molecular flexibility index (Phi) is 6.23. The van der Waals surface area contributed by atoms with Gasteiger partial charge in [-0.2, -0.15) is 0 Å². The van der Waals surface area contributed by atoms with Gasteiger partial charge in [-0.3, -0.25) is 4.79 Å². The number of carbonyl (C=O) groups excluding carboxylic acids is 1. The lowest BCUT2D eigenvalue weighted by Gasteiger charge is -2.19. The van der Waals surface area contributed by atoms with E-state index >= 15 is 0 Å². The monoisotopic (exact) mass is 358 g/mol. The van der Waals surface area contributed by atoms with E-state index in [9.17, 15) is 4.79 Å². The predicted molar refractivity (Wildman–Crippen MR) is 100 cm³/mol. The van der Waals surface area contributed by atoms with Crippen LogP contribution in [0.5, 0.6) is 0 Å². The van der Waals surface area contributed by atoms with E-state index in [1.165, 1.54) is 18.4 Å². The second-order valence-electron chi connectivity index (χ2n) is 6.30. The molecule has 0 spiro atoms. The third kappa shape index (κ3) is 5.16. The van der Waals surface area contributed by atoms with E-state index in [1.54, 1.807) is 12.4 Å². The van der Waals surface area contributed by atoms with Crippen molar-refractivity contribution in [2.24, 2.45) is 0 Å². The summed E-state index contributed by atoms with van der Waals surface area (Å²) in [4.78, 5) is 23.0. The van der Waals surface area contributed by atoms with Crippen molar-refractivity contribution in [2.45, 2.75) is 32.1 Å². The van der Waals surface area contributed by atoms with E-state index in [1.807, 2.05) is 29.2 Å². The Balaban J connectivity index is 1.52. The standard InChI is InChI=1S/C19H23ClN4O/c20-16-7-5-6-15(12-16)8-9-21-18-14-22-17(13-23-18)19(25)24-10-3-1-2-4-11-24/h5-7,12-14H,1-4,8-11H2,(H,21,23). The van der Waals surface area contributed by atoms with Crippen LogP contribution in [0, 0.1) is 0 Å². The first kappa shape index (κ1) is 17.7. The van der Waals surface area contributed by atoms with E-state index in [4.69, 9.17) is 11.6 Å². The Labute approximate surface area is 153 Å². The molecular formula is C19H23ClN4O. The minimum Gasteiger partial charge on any atom is -0.368 e. The van der Waals surface area contributed by atoms with Crippen molar-refractivity contribution in [3.05, 3.63) is 52.9 Å². The fourth-order valence-electron chi connectivity index (χ4n) is 2.99. The van der Waals surface area contributed by atoms with Crippen molar-refractivity contribution < 1.29 is 4.79 Å². The first-order chi connectivity index (χ1) is 12.2. The molecular weight excluding hydrogens is 336 g/mol. The molecule has 0 aliphatic carbocycles. The van der Waals surface area contributed by atoms with Crippen LogP contribution in [0.2, 0.25) is 5.02 Å². The zero-order valence-electron chi connectivity index (χ0n) is 14.2. The molecule has 1 aliphatic heterocycles. The number of anilines is 1. The van der Waals surface area contributed by atoms with Gasteiger partial charge in [0.15, 0.2) is 0 Å². The minimum absolute atomic E-state index is 0.0140. The molecule has 0 saturated carbocycles. The highest BCUT2D eigenvalue weighted by Gasteiger charge is 2.18. The Morgan fingerprint density at radius 2 is 1.92 bits per heavy atom. The van der Waals surface area contributed by atoms with Gasteiger partial charge >= 0.3 is 0 Å². The minimum atomic E-state index is -0.0140. The smallest absolute Gasteiger partial charge is 0.274 e. The van der Waals surface area contributed by atoms with E-state index in [0.717, 1.165) is 43.9 Å². The number of nitrogens with one attached hydrogen (secondary N) is 1. The Bertz CT molecular complexity index is 697. The molecule has 1 aliphatic rings. The van der Waals surface area contributed by atoms with Gasteiger partial charge in [0, 0.05) is 24.7 Å². The molecule has 0 bridgehead atoms. The maximum Gasteiger partial charge on any atom is 0.274 e. The Morgan fingerprint density at radius 3 is 2.60 bits per heavy atom. The summed E-state index contributed by atoms with van der Waals surface area (Å²) < 4.78 is 0. The van der Waals surface area contributed by atoms with Gasteiger partial charge < -0.3 is 10.2 Å². The van der Waals surface area contributed by atoms with Crippen LogP contribution in [-0.2, 0) is 6.42 Å². The maximum atomic E-state index is 12.5. The van der Waals surface area contributed by atoms with Gasteiger partial charge in [-0.1, -0.05) is 36.6 Å². The van der Waals surface area contributed by atoms with Crippen LogP contribution >= 0.6 is 11.6 Å². The Morgan fingerprint density at radius 1 is 1.12 bits per heavy atom. The highest BCUT2D eigenvalue weighted by Crippen LogP contribution is 2.13. The number of likely N-dealkylation sites (tertiary alicyclic amines) is 1. The molecule has 6 heteroatoms. The van der Waals surface area contributed by atoms with Gasteiger partial charge in [0.05, 0.1) is 12.4 Å². The summed E-state index contributed by atoms with van der Waals surface area (Å²) in [6.07, 6.45) is 8.58. The molecule has 1 fully saturated rings. The van der Waals surface area contributed by atoms with Crippen LogP contribution in [0.15, 0.2) is 36.7 Å². The van der Waals surface area contributed by atoms with Gasteiger partial charge in [-0.25, -0.2) is 9.97 Å². The van der Waals surface area contributed by atoms with Crippen molar-refractivity contribution in [1.29, 1.82) is 0 Å². The van der Waals surface area contributed by atoms with E-state index in [2.05, 4.69) is 15.3 Å². The molecule has 1 aromatic carbocycles. The third-order valence-corrected chi connectivity index (χ3v) is 4.61. The van der Waals surface area contributed by atoms with Gasteiger partial charge in [0.1, 0.15) is 11.5 Å². The molecule has 2 heterocycles. The van der Waals surface area contributed by atoms with Crippen molar-refractivity contribution in [1.82, 2.24) is 14.9 Å². The topological polar surface area (TPSA) is 58.1 Å². The highest BCUT2D eigenvalue weighted by atomic mass is 35.5. The summed E-state index contributed by atoms with van der Waals surface area (Å²) in [5, 5.41) is 3.97. The highest BCUT2D eigenvalue weighted by molar-refractivity contribution is 6.30. The number of aromatic nitrogens is 2. The van der Waals surface area contributed by atoms with Gasteiger partial charge in [0.25, 0.3) is 5.91 Å². The molecule has 1 N–H and O–H groups in total. The third-order valence-electron chi connectivity index (χ3n) is 4.37. The molecule has 25 heavy (non-hydrogen) atoms. The number of carbonyl (C=O) groups is 1. The molecule has 1 amide bonds. The molecule has 1 saturated heterocycles. The van der Waals surface area contributed by atoms with Crippen LogP contribution in [0.25, 0.3) is 0 Å². The van der Waals surface area contributed by atoms with E-state index in [0.29, 0.717) is 11.5 Å². The van der Waals surface area contributed by atoms with Crippen molar-refractivity contribution in [3.63, 3.8) is 0 Å². The molecule has 2 aromatic rings. The lowest BCUT2D eigenvalue weighted by molar-refractivity contribution is 0.0755. The largest absolute Gasteiger partial charge is 0.368 e. The maximum absolute atomic E-state index is 12.5. The lowest BCUT2D eigenvalue weighted by Crippen LogP contribution is -2.32. The molecule has 5 nitrogen and oxygen atoms in total. The number of rotatable bonds is 5. The molecule has 0 unspecified atom stereocenters. The molecule has 1 aromatic heterocycles. The second kappa shape index (κ2) is 8.81. The number of benzene rings is 1.